The number of nitrogens with zero attached hydrogens (tertiary/aromatic N) is 2. The first-order valence-electron chi connectivity index (χ1n) is 12.1. The second-order valence-electron chi connectivity index (χ2n) is 8.77. The Morgan fingerprint density at radius 3 is 1.74 bits per heavy atom. The molecule has 1 fully saturated rings. The molecule has 1 aliphatic heterocycles. The van der Waals surface area contributed by atoms with E-state index in [4.69, 9.17) is 0 Å². The van der Waals surface area contributed by atoms with Crippen molar-refractivity contribution in [2.75, 3.05) is 33.3 Å². The van der Waals surface area contributed by atoms with E-state index in [0.717, 1.165) is 43.2 Å². The van der Waals surface area contributed by atoms with Gasteiger partial charge in [-0.2, -0.15) is 0 Å². The highest BCUT2D eigenvalue weighted by molar-refractivity contribution is 5.76. The number of ether oxygens (including phenoxy) is 1. The number of halogens is 2. The normalized spacial score (nSPS) is 14.4. The van der Waals surface area contributed by atoms with Gasteiger partial charge < -0.3 is 9.64 Å². The third kappa shape index (κ3) is 7.62. The van der Waals surface area contributed by atoms with Gasteiger partial charge >= 0.3 is 5.97 Å². The fourth-order valence-corrected chi connectivity index (χ4v) is 4.47. The predicted molar refractivity (Wildman–Crippen MR) is 127 cm³/mol. The highest BCUT2D eigenvalue weighted by atomic mass is 19.1. The molecule has 0 bridgehead atoms. The SMILES string of the molecule is COC(=O)CCCCCCCC(=O)N1CCN(C(c2ccc(F)cc2)c2ccc(F)cc2)CC1. The molecule has 0 N–H and O–H groups in total. The molecule has 1 heterocycles. The van der Waals surface area contributed by atoms with E-state index in [1.807, 2.05) is 4.90 Å². The lowest BCUT2D eigenvalue weighted by Crippen LogP contribution is -2.49. The lowest BCUT2D eigenvalue weighted by molar-refractivity contribution is -0.140. The minimum absolute atomic E-state index is 0.122. The van der Waals surface area contributed by atoms with Crippen LogP contribution in [0.3, 0.4) is 0 Å². The molecule has 0 aliphatic carbocycles. The summed E-state index contributed by atoms with van der Waals surface area (Å²) in [6, 6.07) is 12.7. The van der Waals surface area contributed by atoms with Crippen LogP contribution in [0.15, 0.2) is 48.5 Å². The summed E-state index contributed by atoms with van der Waals surface area (Å²) in [6.45, 7) is 2.66. The molecule has 1 aliphatic rings. The molecule has 34 heavy (non-hydrogen) atoms. The molecule has 5 nitrogen and oxygen atoms in total. The summed E-state index contributed by atoms with van der Waals surface area (Å²) >= 11 is 0. The zero-order valence-corrected chi connectivity index (χ0v) is 19.8. The summed E-state index contributed by atoms with van der Waals surface area (Å²) in [7, 11) is 1.40. The monoisotopic (exact) mass is 472 g/mol. The van der Waals surface area contributed by atoms with Gasteiger partial charge in [-0.15, -0.1) is 0 Å². The van der Waals surface area contributed by atoms with Crippen LogP contribution in [0.4, 0.5) is 8.78 Å². The van der Waals surface area contributed by atoms with Crippen molar-refractivity contribution in [2.24, 2.45) is 0 Å². The predicted octanol–water partition coefficient (Wildman–Crippen LogP) is 5.10. The average molecular weight is 473 g/mol. The first kappa shape index (κ1) is 25.8. The maximum absolute atomic E-state index is 13.5. The molecule has 2 aromatic rings. The van der Waals surface area contributed by atoms with Crippen LogP contribution in [0.25, 0.3) is 0 Å². The molecule has 3 rings (SSSR count). The van der Waals surface area contributed by atoms with Gasteiger partial charge in [0.25, 0.3) is 0 Å². The first-order valence-corrected chi connectivity index (χ1v) is 12.1. The largest absolute Gasteiger partial charge is 0.469 e. The van der Waals surface area contributed by atoms with E-state index < -0.39 is 0 Å². The summed E-state index contributed by atoms with van der Waals surface area (Å²) in [6.07, 6.45) is 5.62. The summed E-state index contributed by atoms with van der Waals surface area (Å²) in [4.78, 5) is 28.0. The molecule has 0 atom stereocenters. The van der Waals surface area contributed by atoms with Crippen molar-refractivity contribution in [1.29, 1.82) is 0 Å². The molecule has 0 unspecified atom stereocenters. The van der Waals surface area contributed by atoms with Crippen LogP contribution in [0.2, 0.25) is 0 Å². The number of unbranched alkanes of at least 4 members (excludes halogenated alkanes) is 4. The molecule has 0 spiro atoms. The molecule has 2 aromatic carbocycles. The number of hydrogen-bond donors (Lipinski definition) is 0. The average Bonchev–Trinajstić information content (AvgIpc) is 2.86. The quantitative estimate of drug-likeness (QED) is 0.337. The maximum atomic E-state index is 13.5. The topological polar surface area (TPSA) is 49.9 Å². The molecular weight excluding hydrogens is 438 g/mol. The van der Waals surface area contributed by atoms with E-state index in [1.54, 1.807) is 24.3 Å². The lowest BCUT2D eigenvalue weighted by Gasteiger charge is -2.40. The maximum Gasteiger partial charge on any atom is 0.305 e. The Balaban J connectivity index is 1.48. The minimum atomic E-state index is -0.291. The summed E-state index contributed by atoms with van der Waals surface area (Å²) in [5.74, 6) is -0.578. The van der Waals surface area contributed by atoms with Crippen molar-refractivity contribution < 1.29 is 23.1 Å². The van der Waals surface area contributed by atoms with Gasteiger partial charge in [0.1, 0.15) is 11.6 Å². The van der Waals surface area contributed by atoms with Gasteiger partial charge in [-0.1, -0.05) is 43.5 Å². The van der Waals surface area contributed by atoms with Crippen molar-refractivity contribution in [3.63, 3.8) is 0 Å². The van der Waals surface area contributed by atoms with Gasteiger partial charge in [0, 0.05) is 39.0 Å². The Kier molecular flexibility index (Phi) is 10.0. The Morgan fingerprint density at radius 1 is 0.765 bits per heavy atom. The van der Waals surface area contributed by atoms with E-state index in [1.165, 1.54) is 31.4 Å². The molecule has 7 heteroatoms. The zero-order chi connectivity index (χ0) is 24.3. The Hall–Kier alpha value is -2.80. The smallest absolute Gasteiger partial charge is 0.305 e. The van der Waals surface area contributed by atoms with Gasteiger partial charge in [-0.25, -0.2) is 8.78 Å². The van der Waals surface area contributed by atoms with Gasteiger partial charge in [0.05, 0.1) is 13.2 Å². The lowest BCUT2D eigenvalue weighted by atomic mass is 9.96. The number of esters is 1. The number of benzene rings is 2. The molecule has 1 amide bonds. The number of piperazine rings is 1. The van der Waals surface area contributed by atoms with Crippen molar-refractivity contribution in [2.45, 2.75) is 51.0 Å². The fraction of sp³-hybridized carbons (Fsp3) is 0.481. The van der Waals surface area contributed by atoms with Gasteiger partial charge in [-0.05, 0) is 48.2 Å². The van der Waals surface area contributed by atoms with Crippen LogP contribution in [0.5, 0.6) is 0 Å². The summed E-state index contributed by atoms with van der Waals surface area (Å²) in [5, 5.41) is 0. The molecule has 0 radical (unpaired) electrons. The van der Waals surface area contributed by atoms with E-state index in [0.29, 0.717) is 39.0 Å². The van der Waals surface area contributed by atoms with E-state index >= 15 is 0 Å². The molecule has 0 aromatic heterocycles. The molecule has 1 saturated heterocycles. The van der Waals surface area contributed by atoms with Crippen LogP contribution in [-0.4, -0.2) is 55.0 Å². The van der Waals surface area contributed by atoms with Crippen LogP contribution < -0.4 is 0 Å². The highest BCUT2D eigenvalue weighted by Gasteiger charge is 2.28. The number of carbonyl (C=O) groups excluding carboxylic acids is 2. The van der Waals surface area contributed by atoms with E-state index in [9.17, 15) is 18.4 Å². The van der Waals surface area contributed by atoms with Crippen molar-refractivity contribution in [1.82, 2.24) is 9.80 Å². The number of rotatable bonds is 11. The van der Waals surface area contributed by atoms with Crippen molar-refractivity contribution in [3.05, 3.63) is 71.3 Å². The highest BCUT2D eigenvalue weighted by Crippen LogP contribution is 2.30. The second-order valence-corrected chi connectivity index (χ2v) is 8.77. The molecule has 184 valence electrons. The minimum Gasteiger partial charge on any atom is -0.469 e. The fourth-order valence-electron chi connectivity index (χ4n) is 4.47. The summed E-state index contributed by atoms with van der Waals surface area (Å²) < 4.78 is 31.6. The van der Waals surface area contributed by atoms with Gasteiger partial charge in [0.15, 0.2) is 0 Å². The van der Waals surface area contributed by atoms with Gasteiger partial charge in [0.2, 0.25) is 5.91 Å². The van der Waals surface area contributed by atoms with E-state index in [-0.39, 0.29) is 29.6 Å². The number of methoxy groups -OCH3 is 1. The molecule has 0 saturated carbocycles. The zero-order valence-electron chi connectivity index (χ0n) is 19.8. The van der Waals surface area contributed by atoms with Crippen LogP contribution in [0, 0.1) is 11.6 Å². The Morgan fingerprint density at radius 2 is 1.24 bits per heavy atom. The second kappa shape index (κ2) is 13.2. The first-order chi connectivity index (χ1) is 16.5. The van der Waals surface area contributed by atoms with E-state index in [2.05, 4.69) is 9.64 Å². The number of amides is 1. The Bertz CT molecular complexity index is 865. The third-order valence-electron chi connectivity index (χ3n) is 6.40. The van der Waals surface area contributed by atoms with Crippen LogP contribution in [-0.2, 0) is 14.3 Å². The third-order valence-corrected chi connectivity index (χ3v) is 6.40. The molecular formula is C27H34F2N2O3. The van der Waals surface area contributed by atoms with Crippen LogP contribution >= 0.6 is 0 Å². The Labute approximate surface area is 200 Å². The van der Waals surface area contributed by atoms with Crippen molar-refractivity contribution >= 4 is 11.9 Å². The van der Waals surface area contributed by atoms with Crippen LogP contribution in [0.1, 0.15) is 62.1 Å². The summed E-state index contributed by atoms with van der Waals surface area (Å²) in [5.41, 5.74) is 1.89. The standard InChI is InChI=1S/C27H34F2N2O3/c1-34-26(33)8-6-4-2-3-5-7-25(32)30-17-19-31(20-18-30)27(21-9-13-23(28)14-10-21)22-11-15-24(29)16-12-22/h9-16,27H,2-8,17-20H2,1H3. The van der Waals surface area contributed by atoms with Gasteiger partial charge in [-0.3, -0.25) is 14.5 Å². The number of hydrogen-bond acceptors (Lipinski definition) is 4. The van der Waals surface area contributed by atoms with Crippen molar-refractivity contribution in [3.8, 4) is 0 Å². The number of carbonyl (C=O) groups is 2.